The molecule has 1 aliphatic rings. The van der Waals surface area contributed by atoms with Crippen molar-refractivity contribution in [1.29, 1.82) is 0 Å². The Balaban J connectivity index is 1.91. The minimum Gasteiger partial charge on any atom is -0.481 e. The van der Waals surface area contributed by atoms with E-state index in [0.29, 0.717) is 5.88 Å². The van der Waals surface area contributed by atoms with Gasteiger partial charge in [0.2, 0.25) is 11.8 Å². The van der Waals surface area contributed by atoms with E-state index in [1.54, 1.807) is 13.3 Å². The molecule has 1 N–H and O–H groups in total. The molecule has 0 bridgehead atoms. The summed E-state index contributed by atoms with van der Waals surface area (Å²) in [6.07, 6.45) is 6.82. The first-order valence-corrected chi connectivity index (χ1v) is 8.94. The maximum Gasteiger partial charge on any atom is 0.235 e. The first-order valence-electron chi connectivity index (χ1n) is 8.94. The first-order chi connectivity index (χ1) is 12.0. The second-order valence-corrected chi connectivity index (χ2v) is 7.02. The maximum absolute atomic E-state index is 13.3. The SMILES string of the molecule is COc1ncc(NC(=O)C2(c3cccc(C)c3)CCCCC2)cc1C. The quantitative estimate of drug-likeness (QED) is 0.890. The zero-order valence-corrected chi connectivity index (χ0v) is 15.3. The summed E-state index contributed by atoms with van der Waals surface area (Å²) in [5.41, 5.74) is 3.51. The second-order valence-electron chi connectivity index (χ2n) is 7.02. The van der Waals surface area contributed by atoms with E-state index in [1.807, 2.05) is 19.1 Å². The molecular weight excluding hydrogens is 312 g/mol. The molecule has 25 heavy (non-hydrogen) atoms. The summed E-state index contributed by atoms with van der Waals surface area (Å²) in [6, 6.07) is 10.3. The topological polar surface area (TPSA) is 51.2 Å². The largest absolute Gasteiger partial charge is 0.481 e. The Labute approximate surface area is 149 Å². The lowest BCUT2D eigenvalue weighted by Crippen LogP contribution is -2.42. The summed E-state index contributed by atoms with van der Waals surface area (Å²) < 4.78 is 5.20. The molecule has 4 nitrogen and oxygen atoms in total. The van der Waals surface area contributed by atoms with E-state index in [2.05, 4.69) is 35.4 Å². The number of nitrogens with zero attached hydrogens (tertiary/aromatic N) is 1. The molecule has 1 heterocycles. The Kier molecular flexibility index (Phi) is 5.07. The molecule has 1 aromatic heterocycles. The van der Waals surface area contributed by atoms with Crippen LogP contribution >= 0.6 is 0 Å². The Morgan fingerprint density at radius 2 is 1.92 bits per heavy atom. The number of amides is 1. The van der Waals surface area contributed by atoms with Gasteiger partial charge in [0, 0.05) is 5.56 Å². The fraction of sp³-hybridized carbons (Fsp3) is 0.429. The van der Waals surface area contributed by atoms with E-state index in [-0.39, 0.29) is 5.91 Å². The highest BCUT2D eigenvalue weighted by molar-refractivity contribution is 5.99. The molecule has 0 aliphatic heterocycles. The molecule has 1 amide bonds. The fourth-order valence-electron chi connectivity index (χ4n) is 3.84. The van der Waals surface area contributed by atoms with Gasteiger partial charge < -0.3 is 10.1 Å². The summed E-state index contributed by atoms with van der Waals surface area (Å²) in [4.78, 5) is 17.6. The zero-order chi connectivity index (χ0) is 17.9. The van der Waals surface area contributed by atoms with Crippen molar-refractivity contribution in [2.24, 2.45) is 0 Å². The molecule has 4 heteroatoms. The molecular formula is C21H26N2O2. The van der Waals surface area contributed by atoms with Crippen molar-refractivity contribution in [3.8, 4) is 5.88 Å². The number of hydrogen-bond donors (Lipinski definition) is 1. The summed E-state index contributed by atoms with van der Waals surface area (Å²) >= 11 is 0. The van der Waals surface area contributed by atoms with Gasteiger partial charge in [0.1, 0.15) is 0 Å². The van der Waals surface area contributed by atoms with Crippen molar-refractivity contribution >= 4 is 11.6 Å². The molecule has 1 saturated carbocycles. The lowest BCUT2D eigenvalue weighted by Gasteiger charge is -2.36. The summed E-state index contributed by atoms with van der Waals surface area (Å²) in [5.74, 6) is 0.660. The molecule has 0 saturated heterocycles. The number of anilines is 1. The van der Waals surface area contributed by atoms with E-state index in [0.717, 1.165) is 42.5 Å². The van der Waals surface area contributed by atoms with Crippen LogP contribution in [0.15, 0.2) is 36.5 Å². The standard InChI is InChI=1S/C21H26N2O2/c1-15-8-7-9-17(12-15)21(10-5-4-6-11-21)20(24)23-18-13-16(2)19(25-3)22-14-18/h7-9,12-14H,4-6,10-11H2,1-3H3,(H,23,24). The van der Waals surface area contributed by atoms with Crippen LogP contribution in [0, 0.1) is 13.8 Å². The van der Waals surface area contributed by atoms with Crippen LogP contribution in [0.1, 0.15) is 48.8 Å². The Hall–Kier alpha value is -2.36. The van der Waals surface area contributed by atoms with Crippen LogP contribution < -0.4 is 10.1 Å². The van der Waals surface area contributed by atoms with Crippen molar-refractivity contribution in [1.82, 2.24) is 4.98 Å². The van der Waals surface area contributed by atoms with Crippen molar-refractivity contribution < 1.29 is 9.53 Å². The zero-order valence-electron chi connectivity index (χ0n) is 15.3. The summed E-state index contributed by atoms with van der Waals surface area (Å²) in [7, 11) is 1.60. The average Bonchev–Trinajstić information content (AvgIpc) is 2.62. The van der Waals surface area contributed by atoms with Crippen LogP contribution in [0.5, 0.6) is 5.88 Å². The highest BCUT2D eigenvalue weighted by atomic mass is 16.5. The van der Waals surface area contributed by atoms with Gasteiger partial charge in [-0.1, -0.05) is 49.1 Å². The number of rotatable bonds is 4. The van der Waals surface area contributed by atoms with E-state index in [1.165, 1.54) is 12.0 Å². The van der Waals surface area contributed by atoms with Gasteiger partial charge in [0.05, 0.1) is 24.4 Å². The van der Waals surface area contributed by atoms with Gasteiger partial charge in [0.15, 0.2) is 0 Å². The van der Waals surface area contributed by atoms with E-state index >= 15 is 0 Å². The molecule has 3 rings (SSSR count). The van der Waals surface area contributed by atoms with Crippen LogP contribution in [0.4, 0.5) is 5.69 Å². The molecule has 1 aromatic carbocycles. The second kappa shape index (κ2) is 7.26. The van der Waals surface area contributed by atoms with Gasteiger partial charge in [0.25, 0.3) is 0 Å². The van der Waals surface area contributed by atoms with Gasteiger partial charge in [-0.2, -0.15) is 0 Å². The molecule has 0 atom stereocenters. The third kappa shape index (κ3) is 3.53. The van der Waals surface area contributed by atoms with Crippen LogP contribution in [0.2, 0.25) is 0 Å². The summed E-state index contributed by atoms with van der Waals surface area (Å²) in [6.45, 7) is 4.01. The number of carbonyl (C=O) groups excluding carboxylic acids is 1. The van der Waals surface area contributed by atoms with Crippen molar-refractivity contribution in [3.05, 3.63) is 53.2 Å². The van der Waals surface area contributed by atoms with E-state index in [9.17, 15) is 4.79 Å². The fourth-order valence-corrected chi connectivity index (χ4v) is 3.84. The summed E-state index contributed by atoms with van der Waals surface area (Å²) in [5, 5.41) is 3.11. The number of nitrogens with one attached hydrogen (secondary N) is 1. The molecule has 0 unspecified atom stereocenters. The van der Waals surface area contributed by atoms with Crippen molar-refractivity contribution in [3.63, 3.8) is 0 Å². The van der Waals surface area contributed by atoms with Gasteiger partial charge in [-0.15, -0.1) is 0 Å². The highest BCUT2D eigenvalue weighted by Gasteiger charge is 2.41. The number of ether oxygens (including phenoxy) is 1. The predicted molar refractivity (Wildman–Crippen MR) is 100 cm³/mol. The maximum atomic E-state index is 13.3. The minimum absolute atomic E-state index is 0.0733. The number of methoxy groups -OCH3 is 1. The Bertz CT molecular complexity index is 764. The van der Waals surface area contributed by atoms with Crippen LogP contribution in [0.25, 0.3) is 0 Å². The smallest absolute Gasteiger partial charge is 0.235 e. The Morgan fingerprint density at radius 1 is 1.16 bits per heavy atom. The Morgan fingerprint density at radius 3 is 2.56 bits per heavy atom. The van der Waals surface area contributed by atoms with Gasteiger partial charge in [-0.3, -0.25) is 4.79 Å². The number of benzene rings is 1. The number of carbonyl (C=O) groups is 1. The first kappa shape index (κ1) is 17.5. The number of aromatic nitrogens is 1. The molecule has 0 radical (unpaired) electrons. The van der Waals surface area contributed by atoms with Gasteiger partial charge in [-0.05, 0) is 38.3 Å². The molecule has 2 aromatic rings. The third-order valence-corrected chi connectivity index (χ3v) is 5.19. The van der Waals surface area contributed by atoms with Gasteiger partial charge in [-0.25, -0.2) is 4.98 Å². The molecule has 0 spiro atoms. The van der Waals surface area contributed by atoms with E-state index in [4.69, 9.17) is 4.74 Å². The molecule has 132 valence electrons. The highest BCUT2D eigenvalue weighted by Crippen LogP contribution is 2.40. The molecule has 1 aliphatic carbocycles. The normalized spacial score (nSPS) is 16.3. The third-order valence-electron chi connectivity index (χ3n) is 5.19. The number of hydrogen-bond acceptors (Lipinski definition) is 3. The molecule has 1 fully saturated rings. The predicted octanol–water partition coefficient (Wildman–Crippen LogP) is 4.55. The van der Waals surface area contributed by atoms with Crippen LogP contribution in [-0.4, -0.2) is 18.0 Å². The number of aryl methyl sites for hydroxylation is 2. The number of pyridine rings is 1. The van der Waals surface area contributed by atoms with Gasteiger partial charge >= 0.3 is 0 Å². The lowest BCUT2D eigenvalue weighted by molar-refractivity contribution is -0.122. The van der Waals surface area contributed by atoms with Crippen molar-refractivity contribution in [2.45, 2.75) is 51.4 Å². The van der Waals surface area contributed by atoms with E-state index < -0.39 is 5.41 Å². The van der Waals surface area contributed by atoms with Crippen LogP contribution in [-0.2, 0) is 10.2 Å². The lowest BCUT2D eigenvalue weighted by atomic mass is 9.68. The minimum atomic E-state index is -0.446. The average molecular weight is 338 g/mol. The van der Waals surface area contributed by atoms with Crippen LogP contribution in [0.3, 0.4) is 0 Å². The monoisotopic (exact) mass is 338 g/mol. The van der Waals surface area contributed by atoms with Crippen molar-refractivity contribution in [2.75, 3.05) is 12.4 Å².